The molecule has 0 saturated heterocycles. The summed E-state index contributed by atoms with van der Waals surface area (Å²) in [6.07, 6.45) is 2.71. The number of nitrogens with zero attached hydrogens (tertiary/aromatic N) is 1. The van der Waals surface area contributed by atoms with E-state index < -0.39 is 0 Å². The van der Waals surface area contributed by atoms with Crippen molar-refractivity contribution in [1.82, 2.24) is 4.57 Å². The summed E-state index contributed by atoms with van der Waals surface area (Å²) in [4.78, 5) is 13.0. The van der Waals surface area contributed by atoms with Crippen molar-refractivity contribution >= 4 is 22.5 Å². The highest BCUT2D eigenvalue weighted by atomic mass is 35.5. The molecule has 0 aliphatic rings. The van der Waals surface area contributed by atoms with Crippen LogP contribution in [0.4, 0.5) is 0 Å². The van der Waals surface area contributed by atoms with Gasteiger partial charge in [-0.2, -0.15) is 0 Å². The smallest absolute Gasteiger partial charge is 0.260 e. The summed E-state index contributed by atoms with van der Waals surface area (Å²) >= 11 is 6.53. The average Bonchev–Trinajstić information content (AvgIpc) is 2.56. The van der Waals surface area contributed by atoms with Gasteiger partial charge in [0.05, 0.1) is 10.5 Å². The topological polar surface area (TPSA) is 22.0 Å². The van der Waals surface area contributed by atoms with Gasteiger partial charge >= 0.3 is 0 Å². The van der Waals surface area contributed by atoms with Crippen LogP contribution >= 0.6 is 11.6 Å². The summed E-state index contributed by atoms with van der Waals surface area (Å²) in [5, 5.41) is 1.53. The molecule has 0 unspecified atom stereocenters. The highest BCUT2D eigenvalue weighted by Gasteiger charge is 2.15. The van der Waals surface area contributed by atoms with Crippen molar-refractivity contribution in [3.05, 3.63) is 75.5 Å². The quantitative estimate of drug-likeness (QED) is 0.665. The van der Waals surface area contributed by atoms with Gasteiger partial charge in [-0.25, -0.2) is 0 Å². The standard InChI is InChI=1S/C19H18ClNO/c1-2-3-11-16-18(20)15-12-7-8-13-17(15)21(19(16)22)14-9-5-4-6-10-14/h4-10,12-13H,2-3,11H2,1H3. The molecular weight excluding hydrogens is 294 g/mol. The van der Waals surface area contributed by atoms with Gasteiger partial charge in [-0.3, -0.25) is 9.36 Å². The van der Waals surface area contributed by atoms with Crippen LogP contribution in [0.1, 0.15) is 25.3 Å². The minimum Gasteiger partial charge on any atom is -0.277 e. The second-order valence-electron chi connectivity index (χ2n) is 5.39. The molecule has 22 heavy (non-hydrogen) atoms. The van der Waals surface area contributed by atoms with Gasteiger partial charge in [-0.1, -0.05) is 61.3 Å². The van der Waals surface area contributed by atoms with E-state index in [0.717, 1.165) is 29.4 Å². The first-order valence-corrected chi connectivity index (χ1v) is 7.99. The van der Waals surface area contributed by atoms with Gasteiger partial charge in [-0.05, 0) is 31.0 Å². The minimum atomic E-state index is -0.0108. The number of halogens is 1. The molecule has 0 spiro atoms. The number of unbranched alkanes of at least 4 members (excludes halogenated alkanes) is 1. The van der Waals surface area contributed by atoms with E-state index in [1.165, 1.54) is 0 Å². The molecule has 0 amide bonds. The molecule has 1 aromatic heterocycles. The lowest BCUT2D eigenvalue weighted by atomic mass is 10.1. The maximum Gasteiger partial charge on any atom is 0.260 e. The molecule has 0 radical (unpaired) electrons. The largest absolute Gasteiger partial charge is 0.277 e. The van der Waals surface area contributed by atoms with Crippen molar-refractivity contribution in [2.75, 3.05) is 0 Å². The third kappa shape index (κ3) is 2.55. The van der Waals surface area contributed by atoms with Gasteiger partial charge < -0.3 is 0 Å². The van der Waals surface area contributed by atoms with Crippen LogP contribution in [0.25, 0.3) is 16.6 Å². The van der Waals surface area contributed by atoms with E-state index in [-0.39, 0.29) is 5.56 Å². The summed E-state index contributed by atoms with van der Waals surface area (Å²) in [5.74, 6) is 0. The summed E-state index contributed by atoms with van der Waals surface area (Å²) in [7, 11) is 0. The average molecular weight is 312 g/mol. The third-order valence-corrected chi connectivity index (χ3v) is 4.33. The van der Waals surface area contributed by atoms with E-state index in [2.05, 4.69) is 6.92 Å². The molecule has 0 N–H and O–H groups in total. The van der Waals surface area contributed by atoms with Gasteiger partial charge in [0.15, 0.2) is 0 Å². The zero-order valence-corrected chi connectivity index (χ0v) is 13.3. The first kappa shape index (κ1) is 14.9. The Labute approximate surface area is 135 Å². The van der Waals surface area contributed by atoms with Crippen LogP contribution in [0, 0.1) is 0 Å². The lowest BCUT2D eigenvalue weighted by Crippen LogP contribution is -2.23. The highest BCUT2D eigenvalue weighted by Crippen LogP contribution is 2.27. The Hall–Kier alpha value is -2.06. The van der Waals surface area contributed by atoms with E-state index in [4.69, 9.17) is 11.6 Å². The fourth-order valence-electron chi connectivity index (χ4n) is 2.76. The maximum absolute atomic E-state index is 13.0. The van der Waals surface area contributed by atoms with Crippen molar-refractivity contribution in [2.45, 2.75) is 26.2 Å². The van der Waals surface area contributed by atoms with E-state index in [9.17, 15) is 4.79 Å². The molecule has 0 saturated carbocycles. The van der Waals surface area contributed by atoms with Gasteiger partial charge in [0.2, 0.25) is 0 Å². The zero-order valence-electron chi connectivity index (χ0n) is 12.6. The number of fused-ring (bicyclic) bond motifs is 1. The number of aromatic nitrogens is 1. The molecule has 0 aliphatic carbocycles. The minimum absolute atomic E-state index is 0.0108. The van der Waals surface area contributed by atoms with Crippen molar-refractivity contribution in [3.63, 3.8) is 0 Å². The second-order valence-corrected chi connectivity index (χ2v) is 5.77. The molecule has 3 rings (SSSR count). The Bertz CT molecular complexity index is 852. The fourth-order valence-corrected chi connectivity index (χ4v) is 3.09. The lowest BCUT2D eigenvalue weighted by Gasteiger charge is -2.15. The Balaban J connectivity index is 2.37. The number of rotatable bonds is 4. The molecular formula is C19H18ClNO. The SMILES string of the molecule is CCCCc1c(Cl)c2ccccc2n(-c2ccccc2)c1=O. The van der Waals surface area contributed by atoms with Crippen molar-refractivity contribution in [1.29, 1.82) is 0 Å². The number of para-hydroxylation sites is 2. The predicted molar refractivity (Wildman–Crippen MR) is 93.2 cm³/mol. The molecule has 0 aliphatic heterocycles. The van der Waals surface area contributed by atoms with Crippen molar-refractivity contribution in [3.8, 4) is 5.69 Å². The normalized spacial score (nSPS) is 11.0. The molecule has 0 atom stereocenters. The van der Waals surface area contributed by atoms with Crippen LogP contribution in [-0.2, 0) is 6.42 Å². The van der Waals surface area contributed by atoms with Crippen LogP contribution < -0.4 is 5.56 Å². The molecule has 0 fully saturated rings. The second kappa shape index (κ2) is 6.37. The summed E-state index contributed by atoms with van der Waals surface area (Å²) < 4.78 is 1.77. The lowest BCUT2D eigenvalue weighted by molar-refractivity contribution is 0.782. The predicted octanol–water partition coefficient (Wildman–Crippen LogP) is 4.99. The summed E-state index contributed by atoms with van der Waals surface area (Å²) in [6.45, 7) is 2.12. The molecule has 2 nitrogen and oxygen atoms in total. The Morgan fingerprint density at radius 3 is 2.41 bits per heavy atom. The van der Waals surface area contributed by atoms with E-state index >= 15 is 0 Å². The molecule has 3 heteroatoms. The van der Waals surface area contributed by atoms with E-state index in [1.54, 1.807) is 4.57 Å². The molecule has 2 aromatic carbocycles. The Morgan fingerprint density at radius 2 is 1.68 bits per heavy atom. The van der Waals surface area contributed by atoms with Crippen LogP contribution in [0.2, 0.25) is 5.02 Å². The monoisotopic (exact) mass is 311 g/mol. The molecule has 3 aromatic rings. The van der Waals surface area contributed by atoms with Gasteiger partial charge in [0.1, 0.15) is 0 Å². The molecule has 0 bridgehead atoms. The van der Waals surface area contributed by atoms with Gasteiger partial charge in [0.25, 0.3) is 5.56 Å². The summed E-state index contributed by atoms with van der Waals surface area (Å²) in [6, 6.07) is 17.5. The van der Waals surface area contributed by atoms with Gasteiger partial charge in [-0.15, -0.1) is 0 Å². The third-order valence-electron chi connectivity index (χ3n) is 3.90. The summed E-state index contributed by atoms with van der Waals surface area (Å²) in [5.41, 5.74) is 2.43. The zero-order chi connectivity index (χ0) is 15.5. The van der Waals surface area contributed by atoms with Crippen molar-refractivity contribution in [2.24, 2.45) is 0 Å². The van der Waals surface area contributed by atoms with Crippen LogP contribution in [0.15, 0.2) is 59.4 Å². The van der Waals surface area contributed by atoms with Gasteiger partial charge in [0, 0.05) is 16.6 Å². The number of hydrogen-bond donors (Lipinski definition) is 0. The Kier molecular flexibility index (Phi) is 4.30. The van der Waals surface area contributed by atoms with Crippen LogP contribution in [-0.4, -0.2) is 4.57 Å². The Morgan fingerprint density at radius 1 is 1.00 bits per heavy atom. The molecule has 112 valence electrons. The van der Waals surface area contributed by atoms with E-state index in [0.29, 0.717) is 17.0 Å². The first-order chi connectivity index (χ1) is 10.7. The maximum atomic E-state index is 13.0. The fraction of sp³-hybridized carbons (Fsp3) is 0.211. The number of hydrogen-bond acceptors (Lipinski definition) is 1. The van der Waals surface area contributed by atoms with Crippen LogP contribution in [0.3, 0.4) is 0 Å². The van der Waals surface area contributed by atoms with Crippen LogP contribution in [0.5, 0.6) is 0 Å². The highest BCUT2D eigenvalue weighted by molar-refractivity contribution is 6.36. The number of benzene rings is 2. The van der Waals surface area contributed by atoms with Crippen molar-refractivity contribution < 1.29 is 0 Å². The molecule has 1 heterocycles. The number of pyridine rings is 1. The van der Waals surface area contributed by atoms with E-state index in [1.807, 2.05) is 54.6 Å². The first-order valence-electron chi connectivity index (χ1n) is 7.61.